The summed E-state index contributed by atoms with van der Waals surface area (Å²) >= 11 is 0. The predicted molar refractivity (Wildman–Crippen MR) is 56.1 cm³/mol. The van der Waals surface area contributed by atoms with Crippen LogP contribution in [0.1, 0.15) is 13.8 Å². The average molecular weight is 231 g/mol. The number of aromatic nitrogens is 2. The SMILES string of the molecule is CC(C)(C(=O)Nc1ncc[nH]1)S(C)(=O)=O. The summed E-state index contributed by atoms with van der Waals surface area (Å²) in [6.07, 6.45) is 4.01. The van der Waals surface area contributed by atoms with E-state index in [2.05, 4.69) is 15.3 Å². The Morgan fingerprint density at radius 2 is 2.13 bits per heavy atom. The topological polar surface area (TPSA) is 91.9 Å². The molecule has 1 amide bonds. The molecule has 0 radical (unpaired) electrons. The van der Waals surface area contributed by atoms with E-state index in [0.29, 0.717) is 0 Å². The van der Waals surface area contributed by atoms with Gasteiger partial charge in [0.2, 0.25) is 11.9 Å². The molecule has 0 aliphatic carbocycles. The quantitative estimate of drug-likeness (QED) is 0.775. The van der Waals surface area contributed by atoms with Gasteiger partial charge in [0, 0.05) is 18.6 Å². The summed E-state index contributed by atoms with van der Waals surface area (Å²) < 4.78 is 21.2. The van der Waals surface area contributed by atoms with Crippen LogP contribution < -0.4 is 5.32 Å². The molecule has 1 rings (SSSR count). The van der Waals surface area contributed by atoms with Gasteiger partial charge in [0.05, 0.1) is 0 Å². The lowest BCUT2D eigenvalue weighted by atomic mass is 10.2. The smallest absolute Gasteiger partial charge is 0.247 e. The number of sulfone groups is 1. The Morgan fingerprint density at radius 1 is 1.53 bits per heavy atom. The highest BCUT2D eigenvalue weighted by Crippen LogP contribution is 2.16. The molecule has 6 nitrogen and oxygen atoms in total. The minimum Gasteiger partial charge on any atom is -0.331 e. The molecule has 0 aromatic carbocycles. The minimum atomic E-state index is -3.46. The highest BCUT2D eigenvalue weighted by molar-refractivity contribution is 7.92. The fourth-order valence-electron chi connectivity index (χ4n) is 0.760. The maximum Gasteiger partial charge on any atom is 0.247 e. The van der Waals surface area contributed by atoms with Crippen LogP contribution in [0, 0.1) is 0 Å². The number of rotatable bonds is 3. The fourth-order valence-corrected chi connectivity index (χ4v) is 1.15. The first-order valence-corrected chi connectivity index (χ1v) is 6.15. The Morgan fingerprint density at radius 3 is 2.53 bits per heavy atom. The molecule has 0 saturated carbocycles. The summed E-state index contributed by atoms with van der Waals surface area (Å²) in [5.74, 6) is -0.378. The van der Waals surface area contributed by atoms with Crippen LogP contribution >= 0.6 is 0 Å². The van der Waals surface area contributed by atoms with Crippen molar-refractivity contribution >= 4 is 21.7 Å². The lowest BCUT2D eigenvalue weighted by Gasteiger charge is -2.20. The van der Waals surface area contributed by atoms with Crippen LogP contribution in [-0.2, 0) is 14.6 Å². The van der Waals surface area contributed by atoms with Crippen molar-refractivity contribution in [3.8, 4) is 0 Å². The number of imidazole rings is 1. The number of aromatic amines is 1. The van der Waals surface area contributed by atoms with E-state index in [9.17, 15) is 13.2 Å². The normalized spacial score (nSPS) is 12.5. The Hall–Kier alpha value is -1.37. The Labute approximate surface area is 88.0 Å². The van der Waals surface area contributed by atoms with E-state index in [0.717, 1.165) is 6.26 Å². The number of anilines is 1. The number of hydrogen-bond donors (Lipinski definition) is 2. The molecule has 0 saturated heterocycles. The van der Waals surface area contributed by atoms with Gasteiger partial charge in [-0.25, -0.2) is 13.4 Å². The van der Waals surface area contributed by atoms with E-state index in [1.807, 2.05) is 0 Å². The summed E-state index contributed by atoms with van der Waals surface area (Å²) in [6.45, 7) is 2.70. The highest BCUT2D eigenvalue weighted by atomic mass is 32.2. The molecule has 2 N–H and O–H groups in total. The van der Waals surface area contributed by atoms with Crippen LogP contribution in [0.25, 0.3) is 0 Å². The van der Waals surface area contributed by atoms with E-state index < -0.39 is 20.5 Å². The first kappa shape index (κ1) is 11.7. The van der Waals surface area contributed by atoms with Gasteiger partial charge < -0.3 is 4.98 Å². The molecular weight excluding hydrogens is 218 g/mol. The number of nitrogens with one attached hydrogen (secondary N) is 2. The van der Waals surface area contributed by atoms with Crippen molar-refractivity contribution in [3.05, 3.63) is 12.4 Å². The van der Waals surface area contributed by atoms with Crippen LogP contribution in [0.3, 0.4) is 0 Å². The van der Waals surface area contributed by atoms with Gasteiger partial charge in [-0.1, -0.05) is 0 Å². The number of carbonyl (C=O) groups excluding carboxylic acids is 1. The summed E-state index contributed by atoms with van der Waals surface area (Å²) in [5, 5.41) is 2.38. The maximum atomic E-state index is 11.6. The molecule has 1 heterocycles. The second kappa shape index (κ2) is 3.65. The van der Waals surface area contributed by atoms with Crippen LogP contribution in [0.15, 0.2) is 12.4 Å². The van der Waals surface area contributed by atoms with Gasteiger partial charge in [-0.15, -0.1) is 0 Å². The molecule has 0 fully saturated rings. The molecule has 15 heavy (non-hydrogen) atoms. The number of carbonyl (C=O) groups is 1. The zero-order valence-electron chi connectivity index (χ0n) is 8.73. The van der Waals surface area contributed by atoms with Crippen LogP contribution in [0.2, 0.25) is 0 Å². The van der Waals surface area contributed by atoms with Crippen molar-refractivity contribution in [2.45, 2.75) is 18.6 Å². The molecule has 0 spiro atoms. The Balaban J connectivity index is 2.87. The molecule has 0 unspecified atom stereocenters. The summed E-state index contributed by atoms with van der Waals surface area (Å²) in [7, 11) is -3.46. The molecule has 84 valence electrons. The van der Waals surface area contributed by atoms with Gasteiger partial charge in [-0.3, -0.25) is 10.1 Å². The number of amides is 1. The van der Waals surface area contributed by atoms with Gasteiger partial charge in [0.15, 0.2) is 9.84 Å². The first-order chi connectivity index (χ1) is 6.75. The van der Waals surface area contributed by atoms with Gasteiger partial charge in [0.25, 0.3) is 0 Å². The van der Waals surface area contributed by atoms with E-state index >= 15 is 0 Å². The van der Waals surface area contributed by atoms with E-state index in [1.165, 1.54) is 26.2 Å². The van der Waals surface area contributed by atoms with Crippen LogP contribution in [0.5, 0.6) is 0 Å². The average Bonchev–Trinajstić information content (AvgIpc) is 2.54. The van der Waals surface area contributed by atoms with Gasteiger partial charge in [-0.05, 0) is 13.8 Å². The molecule has 1 aromatic heterocycles. The molecule has 0 aliphatic heterocycles. The zero-order chi connectivity index (χ0) is 11.7. The van der Waals surface area contributed by atoms with Gasteiger partial charge in [0.1, 0.15) is 4.75 Å². The molecule has 1 aromatic rings. The molecular formula is C8H13N3O3S. The standard InChI is InChI=1S/C8H13N3O3S/c1-8(2,15(3,13)14)6(12)11-7-9-4-5-10-7/h4-5H,1-3H3,(H2,9,10,11,12). The second-order valence-corrected chi connectivity index (χ2v) is 6.24. The van der Waals surface area contributed by atoms with Crippen molar-refractivity contribution in [1.82, 2.24) is 9.97 Å². The molecule has 0 aliphatic rings. The van der Waals surface area contributed by atoms with Crippen molar-refractivity contribution in [2.75, 3.05) is 11.6 Å². The number of hydrogen-bond acceptors (Lipinski definition) is 4. The van der Waals surface area contributed by atoms with Gasteiger partial charge >= 0.3 is 0 Å². The van der Waals surface area contributed by atoms with E-state index in [1.54, 1.807) is 0 Å². The third-order valence-corrected chi connectivity index (χ3v) is 4.24. The number of nitrogens with zero attached hydrogens (tertiary/aromatic N) is 1. The molecule has 7 heteroatoms. The molecule has 0 bridgehead atoms. The Bertz CT molecular complexity index is 447. The largest absolute Gasteiger partial charge is 0.331 e. The van der Waals surface area contributed by atoms with E-state index in [4.69, 9.17) is 0 Å². The third kappa shape index (κ3) is 2.35. The lowest BCUT2D eigenvalue weighted by molar-refractivity contribution is -0.117. The fraction of sp³-hybridized carbons (Fsp3) is 0.500. The predicted octanol–water partition coefficient (Wildman–Crippen LogP) is 0.171. The van der Waals surface area contributed by atoms with Crippen molar-refractivity contribution in [2.24, 2.45) is 0 Å². The van der Waals surface area contributed by atoms with Crippen molar-refractivity contribution in [3.63, 3.8) is 0 Å². The highest BCUT2D eigenvalue weighted by Gasteiger charge is 2.38. The van der Waals surface area contributed by atoms with Crippen LogP contribution in [0.4, 0.5) is 5.95 Å². The first-order valence-electron chi connectivity index (χ1n) is 4.25. The molecule has 0 atom stereocenters. The van der Waals surface area contributed by atoms with Crippen molar-refractivity contribution in [1.29, 1.82) is 0 Å². The Kier molecular flexibility index (Phi) is 2.85. The third-order valence-electron chi connectivity index (χ3n) is 2.20. The van der Waals surface area contributed by atoms with Crippen LogP contribution in [-0.4, -0.2) is 35.3 Å². The lowest BCUT2D eigenvalue weighted by Crippen LogP contribution is -2.44. The number of H-pyrrole nitrogens is 1. The monoisotopic (exact) mass is 231 g/mol. The summed E-state index contributed by atoms with van der Waals surface area (Å²) in [4.78, 5) is 18.1. The summed E-state index contributed by atoms with van der Waals surface area (Å²) in [5.41, 5.74) is 0. The van der Waals surface area contributed by atoms with Crippen molar-refractivity contribution < 1.29 is 13.2 Å². The zero-order valence-corrected chi connectivity index (χ0v) is 9.55. The van der Waals surface area contributed by atoms with E-state index in [-0.39, 0.29) is 5.95 Å². The minimum absolute atomic E-state index is 0.233. The summed E-state index contributed by atoms with van der Waals surface area (Å²) in [6, 6.07) is 0. The second-order valence-electron chi connectivity index (χ2n) is 3.67. The maximum absolute atomic E-state index is 11.6. The van der Waals surface area contributed by atoms with Gasteiger partial charge in [-0.2, -0.15) is 0 Å².